The van der Waals surface area contributed by atoms with E-state index in [1.54, 1.807) is 24.8 Å². The first-order valence-corrected chi connectivity index (χ1v) is 12.1. The van der Waals surface area contributed by atoms with E-state index in [1.165, 1.54) is 12.0 Å². The first-order valence-electron chi connectivity index (χ1n) is 12.1. The predicted molar refractivity (Wildman–Crippen MR) is 133 cm³/mol. The van der Waals surface area contributed by atoms with E-state index in [9.17, 15) is 9.90 Å². The summed E-state index contributed by atoms with van der Waals surface area (Å²) in [5, 5.41) is 15.9. The van der Waals surface area contributed by atoms with E-state index < -0.39 is 12.0 Å². The zero-order valence-electron chi connectivity index (χ0n) is 19.4. The molecule has 4 heterocycles. The second kappa shape index (κ2) is 12.1. The summed E-state index contributed by atoms with van der Waals surface area (Å²) in [7, 11) is 0. The summed E-state index contributed by atoms with van der Waals surface area (Å²) in [6.45, 7) is 1.01. The maximum absolute atomic E-state index is 11.7. The zero-order valence-corrected chi connectivity index (χ0v) is 19.4. The van der Waals surface area contributed by atoms with Gasteiger partial charge in [0.05, 0.1) is 0 Å². The average Bonchev–Trinajstić information content (AvgIpc) is 2.88. The molecular weight excluding hydrogens is 428 g/mol. The monoisotopic (exact) mass is 460 g/mol. The third-order valence-electron chi connectivity index (χ3n) is 6.14. The maximum Gasteiger partial charge on any atom is 0.326 e. The molecule has 34 heavy (non-hydrogen) atoms. The number of rotatable bonds is 12. The van der Waals surface area contributed by atoms with Crippen LogP contribution >= 0.6 is 0 Å². The zero-order chi connectivity index (χ0) is 23.6. The van der Waals surface area contributed by atoms with E-state index in [0.717, 1.165) is 74.1 Å². The Hall–Kier alpha value is -3.55. The summed E-state index contributed by atoms with van der Waals surface area (Å²) in [5.74, 6) is 0.512. The Kier molecular flexibility index (Phi) is 8.38. The summed E-state index contributed by atoms with van der Waals surface area (Å²) in [4.78, 5) is 29.0. The molecule has 0 aliphatic carbocycles. The van der Waals surface area contributed by atoms with Crippen LogP contribution in [0.1, 0.15) is 56.2 Å². The molecule has 3 aromatic rings. The standard InChI is InChI=1S/C26H32N6O2/c33-25(34)23(32-26-29-17-21(18-30-26)19-12-15-27-16-13-19)9-5-3-1-2-4-8-22-11-10-20-7-6-14-28-24(20)31-22/h10-13,15-18,23H,1-9,14H2,(H,28,31)(H,33,34)(H,29,30,32). The van der Waals surface area contributed by atoms with E-state index in [0.29, 0.717) is 12.4 Å². The van der Waals surface area contributed by atoms with Crippen molar-refractivity contribution in [1.82, 2.24) is 19.9 Å². The van der Waals surface area contributed by atoms with Crippen LogP contribution in [0.2, 0.25) is 0 Å². The molecule has 0 amide bonds. The van der Waals surface area contributed by atoms with Crippen molar-refractivity contribution in [3.8, 4) is 11.1 Å². The minimum absolute atomic E-state index is 0.331. The third kappa shape index (κ3) is 6.73. The Bertz CT molecular complexity index is 1060. The lowest BCUT2D eigenvalue weighted by atomic mass is 10.0. The van der Waals surface area contributed by atoms with Crippen molar-refractivity contribution in [2.75, 3.05) is 17.2 Å². The highest BCUT2D eigenvalue weighted by Gasteiger charge is 2.18. The minimum atomic E-state index is -0.881. The van der Waals surface area contributed by atoms with Gasteiger partial charge in [-0.1, -0.05) is 31.7 Å². The number of hydrogen-bond donors (Lipinski definition) is 3. The Morgan fingerprint density at radius 2 is 1.76 bits per heavy atom. The highest BCUT2D eigenvalue weighted by Crippen LogP contribution is 2.21. The summed E-state index contributed by atoms with van der Waals surface area (Å²) in [5.41, 5.74) is 4.31. The molecule has 1 unspecified atom stereocenters. The second-order valence-electron chi connectivity index (χ2n) is 8.71. The quantitative estimate of drug-likeness (QED) is 0.332. The van der Waals surface area contributed by atoms with Gasteiger partial charge < -0.3 is 15.7 Å². The molecule has 178 valence electrons. The Labute approximate surface area is 200 Å². The van der Waals surface area contributed by atoms with Crippen LogP contribution < -0.4 is 10.6 Å². The van der Waals surface area contributed by atoms with E-state index in [-0.39, 0.29) is 0 Å². The van der Waals surface area contributed by atoms with Crippen LogP contribution in [0.4, 0.5) is 11.8 Å². The molecule has 0 fully saturated rings. The van der Waals surface area contributed by atoms with Crippen LogP contribution in [-0.2, 0) is 17.6 Å². The highest BCUT2D eigenvalue weighted by molar-refractivity contribution is 5.76. The van der Waals surface area contributed by atoms with Gasteiger partial charge in [-0.15, -0.1) is 0 Å². The SMILES string of the molecule is O=C(O)C(CCCCCCCc1ccc2c(n1)NCCC2)Nc1ncc(-c2ccncc2)cn1. The fourth-order valence-electron chi connectivity index (χ4n) is 4.20. The smallest absolute Gasteiger partial charge is 0.326 e. The molecule has 0 radical (unpaired) electrons. The molecule has 1 aliphatic heterocycles. The lowest BCUT2D eigenvalue weighted by molar-refractivity contribution is -0.138. The number of carboxylic acids is 1. The maximum atomic E-state index is 11.7. The Morgan fingerprint density at radius 3 is 2.56 bits per heavy atom. The Morgan fingerprint density at radius 1 is 1.00 bits per heavy atom. The van der Waals surface area contributed by atoms with E-state index in [2.05, 4.69) is 37.7 Å². The average molecular weight is 461 g/mol. The van der Waals surface area contributed by atoms with Crippen LogP contribution in [0.5, 0.6) is 0 Å². The summed E-state index contributed by atoms with van der Waals surface area (Å²) in [6, 6.07) is 7.43. The molecular formula is C26H32N6O2. The lowest BCUT2D eigenvalue weighted by Crippen LogP contribution is -2.30. The van der Waals surface area contributed by atoms with Gasteiger partial charge in [-0.2, -0.15) is 0 Å². The number of aryl methyl sites for hydroxylation is 2. The molecule has 4 rings (SSSR count). The van der Waals surface area contributed by atoms with Crippen LogP contribution in [-0.4, -0.2) is 43.6 Å². The van der Waals surface area contributed by atoms with Gasteiger partial charge in [0.2, 0.25) is 5.95 Å². The van der Waals surface area contributed by atoms with Crippen molar-refractivity contribution in [3.05, 3.63) is 60.3 Å². The normalized spacial score (nSPS) is 13.5. The molecule has 1 atom stereocenters. The molecule has 3 aromatic heterocycles. The van der Waals surface area contributed by atoms with Gasteiger partial charge >= 0.3 is 5.97 Å². The van der Waals surface area contributed by atoms with E-state index in [4.69, 9.17) is 4.98 Å². The van der Waals surface area contributed by atoms with Gasteiger partial charge in [0.1, 0.15) is 11.9 Å². The highest BCUT2D eigenvalue weighted by atomic mass is 16.4. The van der Waals surface area contributed by atoms with Crippen molar-refractivity contribution >= 4 is 17.7 Å². The van der Waals surface area contributed by atoms with Crippen LogP contribution in [0.3, 0.4) is 0 Å². The van der Waals surface area contributed by atoms with Crippen molar-refractivity contribution in [3.63, 3.8) is 0 Å². The van der Waals surface area contributed by atoms with Crippen LogP contribution in [0.25, 0.3) is 11.1 Å². The summed E-state index contributed by atoms with van der Waals surface area (Å²) >= 11 is 0. The number of nitrogens with one attached hydrogen (secondary N) is 2. The number of aliphatic carboxylic acids is 1. The molecule has 0 bridgehead atoms. The van der Waals surface area contributed by atoms with Crippen LogP contribution in [0, 0.1) is 0 Å². The third-order valence-corrected chi connectivity index (χ3v) is 6.14. The topological polar surface area (TPSA) is 113 Å². The molecule has 0 spiro atoms. The molecule has 1 aliphatic rings. The van der Waals surface area contributed by atoms with E-state index >= 15 is 0 Å². The van der Waals surface area contributed by atoms with Gasteiger partial charge in [0, 0.05) is 42.6 Å². The fraction of sp³-hybridized carbons (Fsp3) is 0.423. The molecule has 0 aromatic carbocycles. The molecule has 3 N–H and O–H groups in total. The first kappa shape index (κ1) is 23.6. The minimum Gasteiger partial charge on any atom is -0.480 e. The summed E-state index contributed by atoms with van der Waals surface area (Å²) in [6.07, 6.45) is 15.8. The van der Waals surface area contributed by atoms with Gasteiger partial charge in [-0.05, 0) is 61.4 Å². The number of pyridine rings is 2. The number of hydrogen-bond acceptors (Lipinski definition) is 7. The van der Waals surface area contributed by atoms with Crippen molar-refractivity contribution in [2.24, 2.45) is 0 Å². The molecule has 8 nitrogen and oxygen atoms in total. The van der Waals surface area contributed by atoms with Crippen molar-refractivity contribution in [2.45, 2.75) is 63.8 Å². The number of carbonyl (C=O) groups is 1. The molecule has 0 saturated heterocycles. The number of carboxylic acid groups (broad SMARTS) is 1. The number of fused-ring (bicyclic) bond motifs is 1. The van der Waals surface area contributed by atoms with Crippen molar-refractivity contribution in [1.29, 1.82) is 0 Å². The number of nitrogens with zero attached hydrogens (tertiary/aromatic N) is 4. The van der Waals surface area contributed by atoms with Gasteiger partial charge in [0.25, 0.3) is 0 Å². The van der Waals surface area contributed by atoms with Crippen LogP contribution in [0.15, 0.2) is 49.1 Å². The largest absolute Gasteiger partial charge is 0.480 e. The molecule has 8 heteroatoms. The second-order valence-corrected chi connectivity index (χ2v) is 8.71. The van der Waals surface area contributed by atoms with E-state index in [1.807, 2.05) is 12.1 Å². The van der Waals surface area contributed by atoms with Gasteiger partial charge in [-0.3, -0.25) is 4.98 Å². The van der Waals surface area contributed by atoms with Gasteiger partial charge in [-0.25, -0.2) is 19.7 Å². The lowest BCUT2D eigenvalue weighted by Gasteiger charge is -2.17. The fourth-order valence-corrected chi connectivity index (χ4v) is 4.20. The first-order chi connectivity index (χ1) is 16.7. The number of aromatic nitrogens is 4. The molecule has 0 saturated carbocycles. The van der Waals surface area contributed by atoms with Crippen molar-refractivity contribution < 1.29 is 9.90 Å². The summed E-state index contributed by atoms with van der Waals surface area (Å²) < 4.78 is 0. The predicted octanol–water partition coefficient (Wildman–Crippen LogP) is 4.74. The number of unbranched alkanes of at least 4 members (excludes halogenated alkanes) is 4. The number of anilines is 2. The Balaban J connectivity index is 1.15. The van der Waals surface area contributed by atoms with Gasteiger partial charge in [0.15, 0.2) is 0 Å².